The summed E-state index contributed by atoms with van der Waals surface area (Å²) in [6, 6.07) is 11.1. The molecule has 0 atom stereocenters. The van der Waals surface area contributed by atoms with Gasteiger partial charge >= 0.3 is 12.2 Å². The normalized spacial score (nSPS) is 16.4. The van der Waals surface area contributed by atoms with Crippen LogP contribution < -0.4 is 5.32 Å². The fraction of sp³-hybridized carbons (Fsp3) is 0.435. The molecule has 4 nitrogen and oxygen atoms in total. The molecule has 7 heteroatoms. The van der Waals surface area contributed by atoms with Crippen molar-refractivity contribution >= 4 is 11.7 Å². The number of nitrogens with one attached hydrogen (secondary N) is 1. The molecule has 30 heavy (non-hydrogen) atoms. The number of amides is 2. The number of urea groups is 1. The summed E-state index contributed by atoms with van der Waals surface area (Å²) in [5, 5.41) is 12.9. The summed E-state index contributed by atoms with van der Waals surface area (Å²) in [7, 11) is 0. The van der Waals surface area contributed by atoms with Gasteiger partial charge in [-0.2, -0.15) is 13.2 Å². The van der Waals surface area contributed by atoms with Crippen LogP contribution in [0.2, 0.25) is 0 Å². The van der Waals surface area contributed by atoms with Gasteiger partial charge in [-0.1, -0.05) is 24.3 Å². The van der Waals surface area contributed by atoms with Crippen molar-refractivity contribution in [3.8, 4) is 0 Å². The number of alkyl halides is 3. The van der Waals surface area contributed by atoms with Crippen molar-refractivity contribution in [1.29, 1.82) is 0 Å². The van der Waals surface area contributed by atoms with Gasteiger partial charge in [-0.3, -0.25) is 0 Å². The molecule has 1 aliphatic heterocycles. The number of hydrogen-bond acceptors (Lipinski definition) is 2. The molecule has 0 bridgehead atoms. The van der Waals surface area contributed by atoms with E-state index in [9.17, 15) is 23.1 Å². The highest BCUT2D eigenvalue weighted by molar-refractivity contribution is 5.89. The zero-order valence-electron chi connectivity index (χ0n) is 17.2. The first kappa shape index (κ1) is 22.2. The molecule has 1 aliphatic rings. The second kappa shape index (κ2) is 8.68. The van der Waals surface area contributed by atoms with Crippen molar-refractivity contribution in [1.82, 2.24) is 4.90 Å². The summed E-state index contributed by atoms with van der Waals surface area (Å²) in [5.74, 6) is 0. The summed E-state index contributed by atoms with van der Waals surface area (Å²) in [5.41, 5.74) is 1.67. The average molecular weight is 420 g/mol. The minimum absolute atomic E-state index is 0.131. The van der Waals surface area contributed by atoms with Gasteiger partial charge in [0, 0.05) is 30.8 Å². The molecule has 1 heterocycles. The molecule has 0 aromatic heterocycles. The number of piperidine rings is 1. The molecule has 162 valence electrons. The number of likely N-dealkylation sites (tertiary alicyclic amines) is 1. The van der Waals surface area contributed by atoms with Crippen LogP contribution in [0.15, 0.2) is 42.5 Å². The summed E-state index contributed by atoms with van der Waals surface area (Å²) in [6.07, 6.45) is -3.42. The van der Waals surface area contributed by atoms with Crippen molar-refractivity contribution in [3.05, 3.63) is 64.7 Å². The molecule has 1 fully saturated rings. The zero-order valence-corrected chi connectivity index (χ0v) is 17.2. The third-order valence-corrected chi connectivity index (χ3v) is 5.81. The van der Waals surface area contributed by atoms with Gasteiger partial charge < -0.3 is 15.3 Å². The number of aliphatic hydroxyl groups excluding tert-OH is 1. The predicted molar refractivity (Wildman–Crippen MR) is 110 cm³/mol. The number of rotatable bonds is 4. The van der Waals surface area contributed by atoms with Crippen LogP contribution in [0.3, 0.4) is 0 Å². The molecule has 0 radical (unpaired) electrons. The third kappa shape index (κ3) is 5.14. The number of nitrogens with zero attached hydrogens (tertiary/aromatic N) is 1. The van der Waals surface area contributed by atoms with Crippen LogP contribution in [-0.4, -0.2) is 35.7 Å². The summed E-state index contributed by atoms with van der Waals surface area (Å²) in [6.45, 7) is 4.46. The molecule has 0 unspecified atom stereocenters. The predicted octanol–water partition coefficient (Wildman–Crippen LogP) is 5.17. The van der Waals surface area contributed by atoms with E-state index in [4.69, 9.17) is 0 Å². The monoisotopic (exact) mass is 420 g/mol. The first-order valence-electron chi connectivity index (χ1n) is 10.0. The van der Waals surface area contributed by atoms with Crippen LogP contribution >= 0.6 is 0 Å². The third-order valence-electron chi connectivity index (χ3n) is 5.81. The van der Waals surface area contributed by atoms with Gasteiger partial charge in [-0.05, 0) is 68.0 Å². The van der Waals surface area contributed by atoms with E-state index in [1.165, 1.54) is 12.1 Å². The first-order chi connectivity index (χ1) is 14.1. The Balaban J connectivity index is 1.67. The molecule has 1 saturated heterocycles. The maximum atomic E-state index is 13.3. The van der Waals surface area contributed by atoms with Crippen molar-refractivity contribution in [3.63, 3.8) is 0 Å². The van der Waals surface area contributed by atoms with Crippen LogP contribution in [-0.2, 0) is 12.6 Å². The fourth-order valence-electron chi connectivity index (χ4n) is 4.18. The lowest BCUT2D eigenvalue weighted by atomic mass is 9.73. The van der Waals surface area contributed by atoms with Gasteiger partial charge in [-0.15, -0.1) is 0 Å². The number of hydrogen-bond donors (Lipinski definition) is 2. The second-order valence-corrected chi connectivity index (χ2v) is 8.28. The van der Waals surface area contributed by atoms with Crippen molar-refractivity contribution in [2.75, 3.05) is 25.0 Å². The molecule has 2 aromatic carbocycles. The number of aryl methyl sites for hydroxylation is 2. The smallest absolute Gasteiger partial charge is 0.396 e. The van der Waals surface area contributed by atoms with E-state index in [1.807, 2.05) is 32.0 Å². The Kier molecular flexibility index (Phi) is 6.41. The molecule has 0 spiro atoms. The minimum atomic E-state index is -4.43. The van der Waals surface area contributed by atoms with Crippen LogP contribution in [0.4, 0.5) is 23.7 Å². The fourth-order valence-corrected chi connectivity index (χ4v) is 4.18. The van der Waals surface area contributed by atoms with Crippen molar-refractivity contribution < 1.29 is 23.1 Å². The first-order valence-corrected chi connectivity index (χ1v) is 10.0. The lowest BCUT2D eigenvalue weighted by Crippen LogP contribution is -2.47. The molecule has 2 N–H and O–H groups in total. The highest BCUT2D eigenvalue weighted by Gasteiger charge is 2.39. The molecule has 2 amide bonds. The number of carbonyl (C=O) groups excluding carboxylic acids is 1. The quantitative estimate of drug-likeness (QED) is 0.717. The Morgan fingerprint density at radius 3 is 2.27 bits per heavy atom. The van der Waals surface area contributed by atoms with E-state index in [0.29, 0.717) is 25.9 Å². The van der Waals surface area contributed by atoms with Crippen LogP contribution in [0.25, 0.3) is 0 Å². The highest BCUT2D eigenvalue weighted by atomic mass is 19.4. The van der Waals surface area contributed by atoms with E-state index < -0.39 is 17.2 Å². The Bertz CT molecular complexity index is 883. The summed E-state index contributed by atoms with van der Waals surface area (Å²) < 4.78 is 40.0. The van der Waals surface area contributed by atoms with Gasteiger partial charge in [0.1, 0.15) is 0 Å². The van der Waals surface area contributed by atoms with E-state index in [2.05, 4.69) is 5.32 Å². The molecule has 0 aliphatic carbocycles. The maximum Gasteiger partial charge on any atom is 0.416 e. The molecule has 2 aromatic rings. The van der Waals surface area contributed by atoms with E-state index >= 15 is 0 Å². The van der Waals surface area contributed by atoms with Gasteiger partial charge in [0.15, 0.2) is 0 Å². The Morgan fingerprint density at radius 2 is 1.70 bits per heavy atom. The number of carbonyl (C=O) groups is 1. The number of halogens is 3. The average Bonchev–Trinajstić information content (AvgIpc) is 2.67. The van der Waals surface area contributed by atoms with Crippen LogP contribution in [0.5, 0.6) is 0 Å². The van der Waals surface area contributed by atoms with Gasteiger partial charge in [0.25, 0.3) is 0 Å². The number of anilines is 1. The summed E-state index contributed by atoms with van der Waals surface area (Å²) in [4.78, 5) is 14.3. The largest absolute Gasteiger partial charge is 0.416 e. The minimum Gasteiger partial charge on any atom is -0.396 e. The zero-order chi connectivity index (χ0) is 21.9. The van der Waals surface area contributed by atoms with E-state index in [0.717, 1.165) is 22.9 Å². The van der Waals surface area contributed by atoms with Gasteiger partial charge in [-0.25, -0.2) is 4.79 Å². The standard InChI is InChI=1S/C23H27F3N2O2/c1-16-11-17(2)13-19(12-16)27-21(30)28-9-7-22(15-29,8-10-28)14-18-5-3-4-6-20(18)23(24,25)26/h3-6,11-13,29H,7-10,14-15H2,1-2H3,(H,27,30). The number of aliphatic hydroxyl groups is 1. The molecule has 0 saturated carbocycles. The Hall–Kier alpha value is -2.54. The second-order valence-electron chi connectivity index (χ2n) is 8.28. The Morgan fingerprint density at radius 1 is 1.10 bits per heavy atom. The van der Waals surface area contributed by atoms with Crippen molar-refractivity contribution in [2.45, 2.75) is 39.3 Å². The molecular formula is C23H27F3N2O2. The highest BCUT2D eigenvalue weighted by Crippen LogP contribution is 2.39. The van der Waals surface area contributed by atoms with E-state index in [-0.39, 0.29) is 24.6 Å². The summed E-state index contributed by atoms with van der Waals surface area (Å²) >= 11 is 0. The lowest BCUT2D eigenvalue weighted by molar-refractivity contribution is -0.138. The molecular weight excluding hydrogens is 393 g/mol. The maximum absolute atomic E-state index is 13.3. The van der Waals surface area contributed by atoms with Crippen LogP contribution in [0, 0.1) is 19.3 Å². The van der Waals surface area contributed by atoms with E-state index in [1.54, 1.807) is 11.0 Å². The topological polar surface area (TPSA) is 52.6 Å². The van der Waals surface area contributed by atoms with Crippen molar-refractivity contribution in [2.24, 2.45) is 5.41 Å². The Labute approximate surface area is 174 Å². The van der Waals surface area contributed by atoms with Gasteiger partial charge in [0.2, 0.25) is 0 Å². The SMILES string of the molecule is Cc1cc(C)cc(NC(=O)N2CCC(CO)(Cc3ccccc3C(F)(F)F)CC2)c1. The lowest BCUT2D eigenvalue weighted by Gasteiger charge is -2.41. The molecule has 3 rings (SSSR count). The number of benzene rings is 2. The van der Waals surface area contributed by atoms with Crippen LogP contribution in [0.1, 0.15) is 35.1 Å². The van der Waals surface area contributed by atoms with Gasteiger partial charge in [0.05, 0.1) is 5.56 Å².